The fraction of sp³-hybridized carbons (Fsp3) is 0.484. The minimum Gasteiger partial charge on any atom is -0.480 e. The third-order valence-electron chi connectivity index (χ3n) is 6.65. The Kier molecular flexibility index (Phi) is 13.2. The molecule has 0 spiro atoms. The highest BCUT2D eigenvalue weighted by molar-refractivity contribution is 7.99. The second-order valence-corrected chi connectivity index (χ2v) is 11.4. The zero-order valence-electron chi connectivity index (χ0n) is 23.8. The van der Waals surface area contributed by atoms with E-state index >= 15 is 0 Å². The maximum absolute atomic E-state index is 12.6. The first-order valence-electron chi connectivity index (χ1n) is 13.5. The van der Waals surface area contributed by atoms with Crippen LogP contribution in [0, 0.1) is 0 Å². The van der Waals surface area contributed by atoms with E-state index in [1.54, 1.807) is 31.2 Å². The van der Waals surface area contributed by atoms with Crippen LogP contribution >= 0.6 is 11.8 Å². The molecule has 1 aromatic carbocycles. The van der Waals surface area contributed by atoms with Crippen LogP contribution in [0.1, 0.15) is 93.9 Å². The van der Waals surface area contributed by atoms with Crippen molar-refractivity contribution in [3.05, 3.63) is 70.3 Å². The van der Waals surface area contributed by atoms with E-state index in [0.717, 1.165) is 25.7 Å². The minimum atomic E-state index is -1.08. The average Bonchev–Trinajstić information content (AvgIpc) is 3.14. The average molecular weight is 555 g/mol. The summed E-state index contributed by atoms with van der Waals surface area (Å²) >= 11 is 1.46. The summed E-state index contributed by atoms with van der Waals surface area (Å²) < 4.78 is 0. The number of nitrogens with zero attached hydrogens (tertiary/aromatic N) is 1. The summed E-state index contributed by atoms with van der Waals surface area (Å²) in [6.07, 6.45) is 11.0. The van der Waals surface area contributed by atoms with Crippen LogP contribution in [0.3, 0.4) is 0 Å². The lowest BCUT2D eigenvalue weighted by Gasteiger charge is -2.22. The number of thioether (sulfide) groups is 1. The molecule has 0 aliphatic carbocycles. The summed E-state index contributed by atoms with van der Waals surface area (Å²) in [5, 5.41) is 12.1. The summed E-state index contributed by atoms with van der Waals surface area (Å²) in [5.41, 5.74) is 4.74. The summed E-state index contributed by atoms with van der Waals surface area (Å²) in [7, 11) is 0. The Balaban J connectivity index is 1.73. The highest BCUT2D eigenvalue weighted by atomic mass is 32.2. The topological polar surface area (TPSA) is 104 Å². The van der Waals surface area contributed by atoms with E-state index in [9.17, 15) is 24.3 Å². The van der Waals surface area contributed by atoms with Gasteiger partial charge in [-0.1, -0.05) is 47.1 Å². The van der Waals surface area contributed by atoms with Crippen LogP contribution in [0.4, 0.5) is 0 Å². The molecule has 3 amide bonds. The lowest BCUT2D eigenvalue weighted by molar-refractivity contribution is -0.141. The SMILES string of the molecule is CC(C)=CCC/C(C)=C/CC/C(C)=C/CSC[C@H](NC(=O)CCC(C)N1C(=O)c2ccccc2C1=O)C(=O)O. The molecular formula is C31H42N2O5S. The second-order valence-electron chi connectivity index (χ2n) is 10.4. The van der Waals surface area contributed by atoms with Crippen LogP contribution in [0.25, 0.3) is 0 Å². The number of hydrogen-bond acceptors (Lipinski definition) is 5. The summed E-state index contributed by atoms with van der Waals surface area (Å²) in [6.45, 7) is 10.2. The van der Waals surface area contributed by atoms with Gasteiger partial charge in [0.05, 0.1) is 11.1 Å². The zero-order valence-corrected chi connectivity index (χ0v) is 24.6. The van der Waals surface area contributed by atoms with Crippen molar-refractivity contribution in [3.63, 3.8) is 0 Å². The van der Waals surface area contributed by atoms with Gasteiger partial charge in [0.15, 0.2) is 0 Å². The number of fused-ring (bicyclic) bond motifs is 1. The van der Waals surface area contributed by atoms with Gasteiger partial charge in [0, 0.05) is 24.0 Å². The fourth-order valence-corrected chi connectivity index (χ4v) is 5.24. The molecule has 2 N–H and O–H groups in total. The molecule has 1 unspecified atom stereocenters. The Morgan fingerprint density at radius 3 is 2.05 bits per heavy atom. The van der Waals surface area contributed by atoms with Crippen molar-refractivity contribution >= 4 is 35.5 Å². The lowest BCUT2D eigenvalue weighted by Crippen LogP contribution is -2.43. The van der Waals surface area contributed by atoms with E-state index in [1.165, 1.54) is 33.4 Å². The van der Waals surface area contributed by atoms with Crippen molar-refractivity contribution in [1.29, 1.82) is 0 Å². The second kappa shape index (κ2) is 16.1. The van der Waals surface area contributed by atoms with Gasteiger partial charge in [-0.15, -0.1) is 0 Å². The molecular weight excluding hydrogens is 512 g/mol. The smallest absolute Gasteiger partial charge is 0.327 e. The molecule has 0 saturated carbocycles. The number of amides is 3. The number of rotatable bonds is 16. The maximum atomic E-state index is 12.6. The maximum Gasteiger partial charge on any atom is 0.327 e. The quantitative estimate of drug-likeness (QED) is 0.144. The van der Waals surface area contributed by atoms with E-state index in [1.807, 2.05) is 0 Å². The number of aliphatic carboxylic acids is 1. The zero-order chi connectivity index (χ0) is 28.9. The van der Waals surface area contributed by atoms with Gasteiger partial charge in [-0.2, -0.15) is 11.8 Å². The monoisotopic (exact) mass is 554 g/mol. The van der Waals surface area contributed by atoms with Gasteiger partial charge < -0.3 is 10.4 Å². The largest absolute Gasteiger partial charge is 0.480 e. The van der Waals surface area contributed by atoms with Crippen LogP contribution in [0.5, 0.6) is 0 Å². The molecule has 0 fully saturated rings. The Labute approximate surface area is 236 Å². The molecule has 1 aliphatic heterocycles. The van der Waals surface area contributed by atoms with E-state index in [0.29, 0.717) is 16.9 Å². The Morgan fingerprint density at radius 1 is 0.923 bits per heavy atom. The van der Waals surface area contributed by atoms with E-state index < -0.39 is 24.0 Å². The van der Waals surface area contributed by atoms with Crippen molar-refractivity contribution < 1.29 is 24.3 Å². The number of benzene rings is 1. The standard InChI is InChI=1S/C31H42N2O5S/c1-21(2)10-8-11-22(3)12-9-13-23(4)18-19-39-20-27(31(37)38)32-28(34)17-16-24(5)33-29(35)25-14-6-7-15-26(25)30(33)36/h6-7,10,12,14-15,18,24,27H,8-9,11,13,16-17,19-20H2,1-5H3,(H,32,34)(H,37,38)/b22-12+,23-18+/t24?,27-/m0/s1. The van der Waals surface area contributed by atoms with Crippen molar-refractivity contribution in [1.82, 2.24) is 10.2 Å². The Morgan fingerprint density at radius 2 is 1.49 bits per heavy atom. The van der Waals surface area contributed by atoms with E-state index in [2.05, 4.69) is 51.2 Å². The molecule has 1 aliphatic rings. The van der Waals surface area contributed by atoms with Gasteiger partial charge >= 0.3 is 5.97 Å². The predicted octanol–water partition coefficient (Wildman–Crippen LogP) is 6.17. The van der Waals surface area contributed by atoms with E-state index in [4.69, 9.17) is 0 Å². The lowest BCUT2D eigenvalue weighted by atomic mass is 10.1. The highest BCUT2D eigenvalue weighted by Gasteiger charge is 2.38. The van der Waals surface area contributed by atoms with E-state index in [-0.39, 0.29) is 30.4 Å². The van der Waals surface area contributed by atoms with Gasteiger partial charge in [-0.05, 0) is 78.9 Å². The van der Waals surface area contributed by atoms with Gasteiger partial charge in [0.25, 0.3) is 11.8 Å². The molecule has 39 heavy (non-hydrogen) atoms. The van der Waals surface area contributed by atoms with Crippen molar-refractivity contribution in [3.8, 4) is 0 Å². The molecule has 7 nitrogen and oxygen atoms in total. The van der Waals surface area contributed by atoms with Crippen LogP contribution < -0.4 is 5.32 Å². The van der Waals surface area contributed by atoms with Gasteiger partial charge in [0.2, 0.25) is 5.91 Å². The predicted molar refractivity (Wildman–Crippen MR) is 158 cm³/mol. The van der Waals surface area contributed by atoms with Crippen molar-refractivity contribution in [2.45, 2.75) is 85.2 Å². The fourth-order valence-electron chi connectivity index (χ4n) is 4.24. The van der Waals surface area contributed by atoms with Crippen molar-refractivity contribution in [2.24, 2.45) is 0 Å². The van der Waals surface area contributed by atoms with Crippen LogP contribution in [-0.4, -0.2) is 57.3 Å². The number of nitrogens with one attached hydrogen (secondary N) is 1. The molecule has 0 saturated heterocycles. The number of carbonyl (C=O) groups excluding carboxylic acids is 3. The highest BCUT2D eigenvalue weighted by Crippen LogP contribution is 2.25. The normalized spacial score (nSPS) is 15.2. The first kappa shape index (κ1) is 32.1. The molecule has 1 aromatic rings. The number of imide groups is 1. The summed E-state index contributed by atoms with van der Waals surface area (Å²) in [6, 6.07) is 5.17. The molecule has 0 radical (unpaired) electrons. The molecule has 2 rings (SSSR count). The summed E-state index contributed by atoms with van der Waals surface area (Å²) in [4.78, 5) is 50.6. The number of carbonyl (C=O) groups is 4. The van der Waals surface area contributed by atoms with Gasteiger partial charge in [-0.25, -0.2) is 4.79 Å². The third kappa shape index (κ3) is 10.5. The molecule has 212 valence electrons. The molecule has 0 bridgehead atoms. The Bertz CT molecular complexity index is 1100. The first-order chi connectivity index (χ1) is 18.5. The number of allylic oxidation sites excluding steroid dienone is 5. The van der Waals surface area contributed by atoms with Crippen LogP contribution in [0.2, 0.25) is 0 Å². The first-order valence-corrected chi connectivity index (χ1v) is 14.7. The number of hydrogen-bond donors (Lipinski definition) is 2. The third-order valence-corrected chi connectivity index (χ3v) is 7.62. The molecule has 1 heterocycles. The van der Waals surface area contributed by atoms with Crippen molar-refractivity contribution in [2.75, 3.05) is 11.5 Å². The molecule has 8 heteroatoms. The molecule has 0 aromatic heterocycles. The van der Waals surface area contributed by atoms with Crippen LogP contribution in [0.15, 0.2) is 59.2 Å². The number of carboxylic acids is 1. The van der Waals surface area contributed by atoms with Gasteiger partial charge in [0.1, 0.15) is 6.04 Å². The van der Waals surface area contributed by atoms with Gasteiger partial charge in [-0.3, -0.25) is 19.3 Å². The number of carboxylic acid groups (broad SMARTS) is 1. The Hall–Kier alpha value is -3.13. The summed E-state index contributed by atoms with van der Waals surface area (Å²) in [5.74, 6) is -1.30. The van der Waals surface area contributed by atoms with Crippen LogP contribution in [-0.2, 0) is 9.59 Å². The molecule has 2 atom stereocenters. The minimum absolute atomic E-state index is 0.0172.